The molecule has 2 N–H and O–H groups in total. The van der Waals surface area contributed by atoms with Gasteiger partial charge in [0.2, 0.25) is 5.91 Å². The number of hydrogen-bond acceptors (Lipinski definition) is 3. The minimum Gasteiger partial charge on any atom is -0.480 e. The Labute approximate surface area is 87.1 Å². The zero-order valence-electron chi connectivity index (χ0n) is 8.30. The fraction of sp³-hybridized carbons (Fsp3) is 0.300. The molecule has 0 radical (unpaired) electrons. The van der Waals surface area contributed by atoms with Gasteiger partial charge in [-0.2, -0.15) is 0 Å². The van der Waals surface area contributed by atoms with E-state index in [4.69, 9.17) is 5.11 Å². The van der Waals surface area contributed by atoms with Gasteiger partial charge in [0, 0.05) is 25.2 Å². The van der Waals surface area contributed by atoms with Crippen LogP contribution >= 0.6 is 0 Å². The summed E-state index contributed by atoms with van der Waals surface area (Å²) in [5, 5.41) is 11.2. The molecule has 0 saturated heterocycles. The lowest BCUT2D eigenvalue weighted by Crippen LogP contribution is -2.41. The third kappa shape index (κ3) is 3.76. The topological polar surface area (TPSA) is 79.3 Å². The molecule has 5 nitrogen and oxygen atoms in total. The van der Waals surface area contributed by atoms with E-state index in [1.165, 1.54) is 6.92 Å². The van der Waals surface area contributed by atoms with Crippen molar-refractivity contribution >= 4 is 11.9 Å². The number of carboxylic acid groups (broad SMARTS) is 1. The average Bonchev–Trinajstić information content (AvgIpc) is 2.17. The molecule has 0 saturated carbocycles. The Hall–Kier alpha value is -1.91. The number of carbonyl (C=O) groups is 2. The largest absolute Gasteiger partial charge is 0.480 e. The van der Waals surface area contributed by atoms with Crippen molar-refractivity contribution in [2.24, 2.45) is 0 Å². The summed E-state index contributed by atoms with van der Waals surface area (Å²) in [4.78, 5) is 25.5. The van der Waals surface area contributed by atoms with Crippen molar-refractivity contribution in [3.05, 3.63) is 30.1 Å². The first kappa shape index (κ1) is 11.2. The Bertz CT molecular complexity index is 351. The third-order valence-corrected chi connectivity index (χ3v) is 1.81. The van der Waals surface area contributed by atoms with Gasteiger partial charge in [-0.3, -0.25) is 9.78 Å². The van der Waals surface area contributed by atoms with Gasteiger partial charge in [0.1, 0.15) is 6.04 Å². The van der Waals surface area contributed by atoms with Gasteiger partial charge in [-0.1, -0.05) is 6.07 Å². The molecular weight excluding hydrogens is 196 g/mol. The van der Waals surface area contributed by atoms with Gasteiger partial charge in [-0.05, 0) is 12.1 Å². The number of aliphatic carboxylic acids is 1. The normalized spacial score (nSPS) is 11.8. The molecule has 0 aromatic carbocycles. The van der Waals surface area contributed by atoms with Gasteiger partial charge in [0.25, 0.3) is 0 Å². The van der Waals surface area contributed by atoms with Gasteiger partial charge in [-0.15, -0.1) is 0 Å². The Morgan fingerprint density at radius 3 is 2.73 bits per heavy atom. The molecule has 1 aromatic heterocycles. The van der Waals surface area contributed by atoms with Crippen LogP contribution in [0.3, 0.4) is 0 Å². The van der Waals surface area contributed by atoms with Crippen molar-refractivity contribution in [2.75, 3.05) is 0 Å². The van der Waals surface area contributed by atoms with Crippen LogP contribution in [0.15, 0.2) is 24.4 Å². The highest BCUT2D eigenvalue weighted by Crippen LogP contribution is 1.99. The van der Waals surface area contributed by atoms with Crippen molar-refractivity contribution < 1.29 is 14.7 Å². The first-order valence-corrected chi connectivity index (χ1v) is 4.49. The van der Waals surface area contributed by atoms with Crippen LogP contribution in [0.5, 0.6) is 0 Å². The van der Waals surface area contributed by atoms with Crippen molar-refractivity contribution in [2.45, 2.75) is 19.4 Å². The molecule has 5 heteroatoms. The number of aromatic nitrogens is 1. The van der Waals surface area contributed by atoms with Gasteiger partial charge in [-0.25, -0.2) is 4.79 Å². The van der Waals surface area contributed by atoms with Crippen LogP contribution in [0.25, 0.3) is 0 Å². The quantitative estimate of drug-likeness (QED) is 0.741. The maximum absolute atomic E-state index is 10.8. The fourth-order valence-electron chi connectivity index (χ4n) is 1.17. The van der Waals surface area contributed by atoms with E-state index >= 15 is 0 Å². The summed E-state index contributed by atoms with van der Waals surface area (Å²) < 4.78 is 0. The van der Waals surface area contributed by atoms with E-state index in [0.717, 1.165) is 0 Å². The Balaban J connectivity index is 2.67. The number of hydrogen-bond donors (Lipinski definition) is 2. The molecule has 0 spiro atoms. The number of pyridine rings is 1. The van der Waals surface area contributed by atoms with Gasteiger partial charge in [0.05, 0.1) is 0 Å². The molecule has 0 aliphatic carbocycles. The second-order valence-corrected chi connectivity index (χ2v) is 3.12. The number of carboxylic acids is 1. The standard InChI is InChI=1S/C10H12N2O3/c1-7(13)12-9(10(14)15)6-8-4-2-3-5-11-8/h2-5,9H,6H2,1H3,(H,12,13)(H,14,15)/t9-/m0/s1. The molecule has 1 aromatic rings. The zero-order valence-corrected chi connectivity index (χ0v) is 8.30. The van der Waals surface area contributed by atoms with Crippen LogP contribution in [0.1, 0.15) is 12.6 Å². The van der Waals surface area contributed by atoms with Crippen LogP contribution in [-0.4, -0.2) is 28.0 Å². The van der Waals surface area contributed by atoms with E-state index < -0.39 is 12.0 Å². The van der Waals surface area contributed by atoms with Crippen molar-refractivity contribution in [3.63, 3.8) is 0 Å². The number of nitrogens with zero attached hydrogens (tertiary/aromatic N) is 1. The summed E-state index contributed by atoms with van der Waals surface area (Å²) in [6.45, 7) is 1.29. The Morgan fingerprint density at radius 1 is 1.53 bits per heavy atom. The van der Waals surface area contributed by atoms with Crippen LogP contribution in [0.2, 0.25) is 0 Å². The molecule has 1 rings (SSSR count). The summed E-state index contributed by atoms with van der Waals surface area (Å²) in [6.07, 6.45) is 1.78. The Morgan fingerprint density at radius 2 is 2.27 bits per heavy atom. The minimum absolute atomic E-state index is 0.190. The Kier molecular flexibility index (Phi) is 3.79. The van der Waals surface area contributed by atoms with E-state index in [9.17, 15) is 9.59 Å². The number of carbonyl (C=O) groups excluding carboxylic acids is 1. The second kappa shape index (κ2) is 5.09. The zero-order chi connectivity index (χ0) is 11.3. The molecular formula is C10H12N2O3. The van der Waals surface area contributed by atoms with Crippen molar-refractivity contribution in [3.8, 4) is 0 Å². The van der Waals surface area contributed by atoms with Gasteiger partial charge >= 0.3 is 5.97 Å². The fourth-order valence-corrected chi connectivity index (χ4v) is 1.17. The summed E-state index contributed by atoms with van der Waals surface area (Å²) in [7, 11) is 0. The van der Waals surface area contributed by atoms with Crippen LogP contribution in [-0.2, 0) is 16.0 Å². The van der Waals surface area contributed by atoms with Crippen molar-refractivity contribution in [1.82, 2.24) is 10.3 Å². The molecule has 1 atom stereocenters. The molecule has 1 amide bonds. The van der Waals surface area contributed by atoms with Crippen molar-refractivity contribution in [1.29, 1.82) is 0 Å². The maximum Gasteiger partial charge on any atom is 0.326 e. The number of rotatable bonds is 4. The molecule has 0 aliphatic heterocycles. The lowest BCUT2D eigenvalue weighted by molar-refractivity contribution is -0.141. The molecule has 0 bridgehead atoms. The first-order chi connectivity index (χ1) is 7.09. The van der Waals surface area contributed by atoms with Crippen LogP contribution in [0, 0.1) is 0 Å². The molecule has 0 aliphatic rings. The predicted octanol–water partition coefficient (Wildman–Crippen LogP) is 0.213. The van der Waals surface area contributed by atoms with Crippen LogP contribution in [0.4, 0.5) is 0 Å². The highest BCUT2D eigenvalue weighted by Gasteiger charge is 2.18. The average molecular weight is 208 g/mol. The highest BCUT2D eigenvalue weighted by molar-refractivity contribution is 5.82. The third-order valence-electron chi connectivity index (χ3n) is 1.81. The SMILES string of the molecule is CC(=O)N[C@@H](Cc1ccccn1)C(=O)O. The van der Waals surface area contributed by atoms with Crippen LogP contribution < -0.4 is 5.32 Å². The van der Waals surface area contributed by atoms with E-state index in [-0.39, 0.29) is 12.3 Å². The molecule has 15 heavy (non-hydrogen) atoms. The molecule has 0 unspecified atom stereocenters. The first-order valence-electron chi connectivity index (χ1n) is 4.49. The van der Waals surface area contributed by atoms with Gasteiger partial charge in [0.15, 0.2) is 0 Å². The van der Waals surface area contributed by atoms with E-state index in [1.807, 2.05) is 0 Å². The highest BCUT2D eigenvalue weighted by atomic mass is 16.4. The summed E-state index contributed by atoms with van der Waals surface area (Å²) in [6, 6.07) is 4.32. The summed E-state index contributed by atoms with van der Waals surface area (Å²) in [5.74, 6) is -1.42. The van der Waals surface area contributed by atoms with Gasteiger partial charge < -0.3 is 10.4 Å². The second-order valence-electron chi connectivity index (χ2n) is 3.12. The summed E-state index contributed by atoms with van der Waals surface area (Å²) in [5.41, 5.74) is 0.638. The monoisotopic (exact) mass is 208 g/mol. The maximum atomic E-state index is 10.8. The number of nitrogens with one attached hydrogen (secondary N) is 1. The number of amides is 1. The summed E-state index contributed by atoms with van der Waals surface area (Å²) >= 11 is 0. The smallest absolute Gasteiger partial charge is 0.326 e. The lowest BCUT2D eigenvalue weighted by Gasteiger charge is -2.12. The minimum atomic E-state index is -1.06. The van der Waals surface area contributed by atoms with E-state index in [0.29, 0.717) is 5.69 Å². The lowest BCUT2D eigenvalue weighted by atomic mass is 10.1. The molecule has 80 valence electrons. The molecule has 1 heterocycles. The molecule has 0 fully saturated rings. The predicted molar refractivity (Wildman–Crippen MR) is 53.2 cm³/mol. The van der Waals surface area contributed by atoms with E-state index in [2.05, 4.69) is 10.3 Å². The van der Waals surface area contributed by atoms with E-state index in [1.54, 1.807) is 24.4 Å².